The van der Waals surface area contributed by atoms with Gasteiger partial charge in [0.1, 0.15) is 11.5 Å². The molecule has 2 rings (SSSR count). The normalized spacial score (nSPS) is 24.3. The van der Waals surface area contributed by atoms with Gasteiger partial charge in [-0.25, -0.2) is 4.98 Å². The molecular formula is C15H22N2O2. The van der Waals surface area contributed by atoms with Gasteiger partial charge in [0.15, 0.2) is 0 Å². The number of hydrogen-bond acceptors (Lipinski definition) is 4. The van der Waals surface area contributed by atoms with Crippen LogP contribution in [-0.4, -0.2) is 22.9 Å². The molecular weight excluding hydrogens is 240 g/mol. The summed E-state index contributed by atoms with van der Waals surface area (Å²) < 4.78 is 5.29. The Morgan fingerprint density at radius 2 is 1.95 bits per heavy atom. The van der Waals surface area contributed by atoms with Gasteiger partial charge in [0.25, 0.3) is 0 Å². The van der Waals surface area contributed by atoms with Gasteiger partial charge in [-0.1, -0.05) is 20.8 Å². The van der Waals surface area contributed by atoms with Gasteiger partial charge in [-0.05, 0) is 18.8 Å². The Morgan fingerprint density at radius 1 is 1.26 bits per heavy atom. The van der Waals surface area contributed by atoms with Gasteiger partial charge in [0, 0.05) is 30.1 Å². The van der Waals surface area contributed by atoms with E-state index in [2.05, 4.69) is 30.7 Å². The van der Waals surface area contributed by atoms with Gasteiger partial charge >= 0.3 is 0 Å². The van der Waals surface area contributed by atoms with Gasteiger partial charge < -0.3 is 4.74 Å². The zero-order chi connectivity index (χ0) is 14.0. The zero-order valence-electron chi connectivity index (χ0n) is 12.1. The number of carbonyl (C=O) groups excluding carboxylic acids is 1. The molecule has 1 aliphatic carbocycles. The third-order valence-electron chi connectivity index (χ3n) is 4.23. The standard InChI is InChI=1S/C15H22N2O2/c1-10-5-6-11(12(18)9-10)15(2,3)13-14(19-4)17-8-7-16-13/h7-8,10-11H,5-6,9H2,1-4H3. The second-order valence-corrected chi connectivity index (χ2v) is 6.04. The molecule has 1 aromatic rings. The fourth-order valence-corrected chi connectivity index (χ4v) is 3.04. The van der Waals surface area contributed by atoms with E-state index in [1.165, 1.54) is 0 Å². The van der Waals surface area contributed by atoms with Crippen LogP contribution in [-0.2, 0) is 10.2 Å². The highest BCUT2D eigenvalue weighted by Gasteiger charge is 2.41. The maximum absolute atomic E-state index is 12.3. The number of ether oxygens (including phenoxy) is 1. The lowest BCUT2D eigenvalue weighted by Gasteiger charge is -2.37. The van der Waals surface area contributed by atoms with Crippen molar-refractivity contribution in [1.82, 2.24) is 9.97 Å². The molecule has 0 radical (unpaired) electrons. The van der Waals surface area contributed by atoms with Crippen molar-refractivity contribution >= 4 is 5.78 Å². The number of hydrogen-bond donors (Lipinski definition) is 0. The van der Waals surface area contributed by atoms with Crippen LogP contribution in [0.5, 0.6) is 5.88 Å². The number of nitrogens with zero attached hydrogens (tertiary/aromatic N) is 2. The van der Waals surface area contributed by atoms with E-state index in [1.807, 2.05) is 0 Å². The lowest BCUT2D eigenvalue weighted by Crippen LogP contribution is -2.39. The molecule has 1 aromatic heterocycles. The molecule has 2 unspecified atom stereocenters. The predicted molar refractivity (Wildman–Crippen MR) is 73.1 cm³/mol. The summed E-state index contributed by atoms with van der Waals surface area (Å²) in [6.07, 6.45) is 5.98. The van der Waals surface area contributed by atoms with Crippen LogP contribution in [0.25, 0.3) is 0 Å². The van der Waals surface area contributed by atoms with E-state index in [-0.39, 0.29) is 11.3 Å². The second-order valence-electron chi connectivity index (χ2n) is 6.04. The van der Waals surface area contributed by atoms with Crippen molar-refractivity contribution in [3.05, 3.63) is 18.1 Å². The monoisotopic (exact) mass is 262 g/mol. The Morgan fingerprint density at radius 3 is 2.58 bits per heavy atom. The van der Waals surface area contributed by atoms with Crippen LogP contribution in [0.2, 0.25) is 0 Å². The molecule has 2 atom stereocenters. The van der Waals surface area contributed by atoms with Crippen LogP contribution < -0.4 is 4.74 Å². The highest BCUT2D eigenvalue weighted by molar-refractivity contribution is 5.83. The average Bonchev–Trinajstić information content (AvgIpc) is 2.38. The molecule has 1 fully saturated rings. The van der Waals surface area contributed by atoms with Crippen LogP contribution in [0.4, 0.5) is 0 Å². The fraction of sp³-hybridized carbons (Fsp3) is 0.667. The maximum atomic E-state index is 12.3. The van der Waals surface area contributed by atoms with Crippen molar-refractivity contribution in [3.63, 3.8) is 0 Å². The van der Waals surface area contributed by atoms with Crippen molar-refractivity contribution in [1.29, 1.82) is 0 Å². The summed E-state index contributed by atoms with van der Waals surface area (Å²) in [6, 6.07) is 0. The lowest BCUT2D eigenvalue weighted by atomic mass is 9.67. The van der Waals surface area contributed by atoms with Gasteiger partial charge in [0.2, 0.25) is 5.88 Å². The van der Waals surface area contributed by atoms with E-state index in [1.54, 1.807) is 19.5 Å². The molecule has 4 nitrogen and oxygen atoms in total. The summed E-state index contributed by atoms with van der Waals surface area (Å²) in [7, 11) is 1.59. The maximum Gasteiger partial charge on any atom is 0.235 e. The molecule has 0 aromatic carbocycles. The average molecular weight is 262 g/mol. The number of Topliss-reactive ketones (excluding diaryl/α,β-unsaturated/α-hetero) is 1. The van der Waals surface area contributed by atoms with Gasteiger partial charge in [-0.3, -0.25) is 9.78 Å². The minimum Gasteiger partial charge on any atom is -0.480 e. The summed E-state index contributed by atoms with van der Waals surface area (Å²) in [5.74, 6) is 1.38. The largest absolute Gasteiger partial charge is 0.480 e. The molecule has 0 N–H and O–H groups in total. The summed E-state index contributed by atoms with van der Waals surface area (Å²) in [5, 5.41) is 0. The molecule has 4 heteroatoms. The van der Waals surface area contributed by atoms with E-state index in [9.17, 15) is 4.79 Å². The summed E-state index contributed by atoms with van der Waals surface area (Å²) in [5.41, 5.74) is 0.446. The molecule has 1 saturated carbocycles. The first-order valence-corrected chi connectivity index (χ1v) is 6.85. The number of ketones is 1. The third-order valence-corrected chi connectivity index (χ3v) is 4.23. The predicted octanol–water partition coefficient (Wildman–Crippen LogP) is 2.77. The molecule has 0 spiro atoms. The summed E-state index contributed by atoms with van der Waals surface area (Å²) in [6.45, 7) is 6.28. The Hall–Kier alpha value is -1.45. The molecule has 1 heterocycles. The van der Waals surface area contributed by atoms with Crippen molar-refractivity contribution in [2.24, 2.45) is 11.8 Å². The lowest BCUT2D eigenvalue weighted by molar-refractivity contribution is -0.128. The first kappa shape index (κ1) is 14.0. The van der Waals surface area contributed by atoms with Crippen molar-refractivity contribution in [2.45, 2.75) is 45.4 Å². The quantitative estimate of drug-likeness (QED) is 0.840. The van der Waals surface area contributed by atoms with Gasteiger partial charge in [-0.2, -0.15) is 0 Å². The SMILES string of the molecule is COc1nccnc1C(C)(C)C1CCC(C)CC1=O. The van der Waals surface area contributed by atoms with Crippen LogP contribution in [0, 0.1) is 11.8 Å². The van der Waals surface area contributed by atoms with Crippen molar-refractivity contribution in [3.8, 4) is 5.88 Å². The van der Waals surface area contributed by atoms with Crippen LogP contribution in [0.1, 0.15) is 45.7 Å². The minimum absolute atomic E-state index is 0.00861. The van der Waals surface area contributed by atoms with Crippen LogP contribution in [0.3, 0.4) is 0 Å². The third kappa shape index (κ3) is 2.62. The van der Waals surface area contributed by atoms with Crippen molar-refractivity contribution in [2.75, 3.05) is 7.11 Å². The zero-order valence-corrected chi connectivity index (χ0v) is 12.1. The molecule has 0 aliphatic heterocycles. The number of aromatic nitrogens is 2. The van der Waals surface area contributed by atoms with E-state index in [0.29, 0.717) is 24.0 Å². The Kier molecular flexibility index (Phi) is 3.88. The van der Waals surface area contributed by atoms with Crippen LogP contribution >= 0.6 is 0 Å². The Labute approximate surface area is 114 Å². The van der Waals surface area contributed by atoms with E-state index >= 15 is 0 Å². The van der Waals surface area contributed by atoms with Gasteiger partial charge in [-0.15, -0.1) is 0 Å². The molecule has 0 saturated heterocycles. The number of methoxy groups -OCH3 is 1. The van der Waals surface area contributed by atoms with Gasteiger partial charge in [0.05, 0.1) is 7.11 Å². The summed E-state index contributed by atoms with van der Waals surface area (Å²) in [4.78, 5) is 20.9. The Balaban J connectivity index is 2.33. The fourth-order valence-electron chi connectivity index (χ4n) is 3.04. The molecule has 0 bridgehead atoms. The first-order chi connectivity index (χ1) is 8.96. The molecule has 104 valence electrons. The molecule has 0 amide bonds. The van der Waals surface area contributed by atoms with E-state index < -0.39 is 0 Å². The van der Waals surface area contributed by atoms with Crippen LogP contribution in [0.15, 0.2) is 12.4 Å². The smallest absolute Gasteiger partial charge is 0.235 e. The Bertz CT molecular complexity index is 471. The van der Waals surface area contributed by atoms with E-state index in [0.717, 1.165) is 18.5 Å². The highest BCUT2D eigenvalue weighted by atomic mass is 16.5. The van der Waals surface area contributed by atoms with Crippen molar-refractivity contribution < 1.29 is 9.53 Å². The first-order valence-electron chi connectivity index (χ1n) is 6.85. The minimum atomic E-state index is -0.336. The molecule has 19 heavy (non-hydrogen) atoms. The number of carbonyl (C=O) groups is 1. The number of rotatable bonds is 3. The summed E-state index contributed by atoms with van der Waals surface area (Å²) >= 11 is 0. The topological polar surface area (TPSA) is 52.1 Å². The highest BCUT2D eigenvalue weighted by Crippen LogP contribution is 2.41. The molecule has 1 aliphatic rings. The second kappa shape index (κ2) is 5.27. The van der Waals surface area contributed by atoms with E-state index in [4.69, 9.17) is 4.74 Å².